The topological polar surface area (TPSA) is 67.6 Å². The molecule has 0 aromatic carbocycles. The van der Waals surface area contributed by atoms with Crippen molar-refractivity contribution in [1.82, 2.24) is 10.5 Å². The summed E-state index contributed by atoms with van der Waals surface area (Å²) < 4.78 is 5.19. The smallest absolute Gasteiger partial charge is 0.178 e. The minimum Gasteiger partial charge on any atom is -0.378 e. The number of nitrogens with one attached hydrogen (secondary N) is 1. The lowest BCUT2D eigenvalue weighted by Gasteiger charge is -2.33. The third kappa shape index (κ3) is 2.35. The van der Waals surface area contributed by atoms with Gasteiger partial charge in [-0.3, -0.25) is 10.6 Å². The lowest BCUT2D eigenvalue weighted by atomic mass is 10.1. The fraction of sp³-hybridized carbons (Fsp3) is 0.625. The highest BCUT2D eigenvalue weighted by Crippen LogP contribution is 2.08. The van der Waals surface area contributed by atoms with Gasteiger partial charge in [0, 0.05) is 6.54 Å². The van der Waals surface area contributed by atoms with Crippen molar-refractivity contribution in [1.29, 1.82) is 0 Å². The molecule has 1 aliphatic rings. The van der Waals surface area contributed by atoms with Crippen LogP contribution in [0.15, 0.2) is 12.2 Å². The quantitative estimate of drug-likeness (QED) is 0.343. The number of rotatable bonds is 3. The number of nitrogens with zero attached hydrogens (tertiary/aromatic N) is 1. The molecule has 0 radical (unpaired) electrons. The van der Waals surface area contributed by atoms with Crippen LogP contribution in [0.5, 0.6) is 0 Å². The molecule has 1 atom stereocenters. The molecule has 13 heavy (non-hydrogen) atoms. The maximum absolute atomic E-state index is 11.6. The van der Waals surface area contributed by atoms with Crippen molar-refractivity contribution in [2.45, 2.75) is 13.0 Å². The van der Waals surface area contributed by atoms with Crippen LogP contribution in [0.4, 0.5) is 0 Å². The molecule has 1 aliphatic heterocycles. The van der Waals surface area contributed by atoms with Gasteiger partial charge in [-0.15, -0.1) is 0 Å². The van der Waals surface area contributed by atoms with Gasteiger partial charge in [0.1, 0.15) is 6.04 Å². The first-order valence-electron chi connectivity index (χ1n) is 4.17. The van der Waals surface area contributed by atoms with Crippen molar-refractivity contribution in [3.8, 4) is 0 Å². The minimum absolute atomic E-state index is 0.0300. The third-order valence-corrected chi connectivity index (χ3v) is 2.02. The molecule has 3 N–H and O–H groups in total. The van der Waals surface area contributed by atoms with Gasteiger partial charge in [0.15, 0.2) is 5.78 Å². The summed E-state index contributed by atoms with van der Waals surface area (Å²) in [5, 5.41) is 1.67. The molecular weight excluding hydrogens is 170 g/mol. The molecule has 0 aliphatic carbocycles. The van der Waals surface area contributed by atoms with E-state index in [1.54, 1.807) is 11.9 Å². The summed E-state index contributed by atoms with van der Waals surface area (Å²) in [5.41, 5.74) is 3.00. The minimum atomic E-state index is -0.337. The lowest BCUT2D eigenvalue weighted by molar-refractivity contribution is -0.129. The molecule has 5 heteroatoms. The SMILES string of the molecule is C=C(C)C(=O)C1COCCN1NN. The van der Waals surface area contributed by atoms with Crippen LogP contribution in [-0.2, 0) is 9.53 Å². The predicted octanol–water partition coefficient (Wildman–Crippen LogP) is -0.789. The Labute approximate surface area is 77.5 Å². The molecule has 1 fully saturated rings. The largest absolute Gasteiger partial charge is 0.378 e. The second-order valence-corrected chi connectivity index (χ2v) is 3.06. The van der Waals surface area contributed by atoms with E-state index in [1.165, 1.54) is 0 Å². The van der Waals surface area contributed by atoms with Crippen LogP contribution >= 0.6 is 0 Å². The second-order valence-electron chi connectivity index (χ2n) is 3.06. The van der Waals surface area contributed by atoms with E-state index in [1.807, 2.05) is 0 Å². The van der Waals surface area contributed by atoms with Crippen LogP contribution in [0.3, 0.4) is 0 Å². The first kappa shape index (κ1) is 10.3. The van der Waals surface area contributed by atoms with Gasteiger partial charge in [-0.05, 0) is 12.5 Å². The second kappa shape index (κ2) is 4.48. The number of carbonyl (C=O) groups excluding carboxylic acids is 1. The zero-order valence-electron chi connectivity index (χ0n) is 7.75. The van der Waals surface area contributed by atoms with Crippen LogP contribution in [0.1, 0.15) is 6.92 Å². The highest BCUT2D eigenvalue weighted by Gasteiger charge is 2.28. The van der Waals surface area contributed by atoms with E-state index in [2.05, 4.69) is 12.1 Å². The summed E-state index contributed by atoms with van der Waals surface area (Å²) in [7, 11) is 0. The first-order valence-corrected chi connectivity index (χ1v) is 4.17. The molecule has 1 unspecified atom stereocenters. The molecular formula is C8H15N3O2. The van der Waals surface area contributed by atoms with Crippen LogP contribution in [0.25, 0.3) is 0 Å². The van der Waals surface area contributed by atoms with Crippen molar-refractivity contribution in [2.24, 2.45) is 5.84 Å². The zero-order chi connectivity index (χ0) is 9.84. The number of Topliss-reactive ketones (excluding diaryl/α,β-unsaturated/α-hetero) is 1. The first-order chi connectivity index (χ1) is 6.16. The van der Waals surface area contributed by atoms with Crippen LogP contribution in [-0.4, -0.2) is 36.6 Å². The Hall–Kier alpha value is -0.750. The van der Waals surface area contributed by atoms with Gasteiger partial charge < -0.3 is 4.74 Å². The molecule has 0 bridgehead atoms. The van der Waals surface area contributed by atoms with E-state index in [0.29, 0.717) is 25.3 Å². The number of morpholine rings is 1. The van der Waals surface area contributed by atoms with Crippen LogP contribution in [0.2, 0.25) is 0 Å². The molecule has 0 aromatic rings. The van der Waals surface area contributed by atoms with E-state index in [9.17, 15) is 4.79 Å². The van der Waals surface area contributed by atoms with Gasteiger partial charge in [-0.2, -0.15) is 5.53 Å². The Balaban J connectivity index is 2.64. The Morgan fingerprint density at radius 3 is 3.00 bits per heavy atom. The molecule has 1 rings (SSSR count). The van der Waals surface area contributed by atoms with Crippen molar-refractivity contribution in [3.05, 3.63) is 12.2 Å². The Morgan fingerprint density at radius 2 is 2.46 bits per heavy atom. The number of hydrogen-bond acceptors (Lipinski definition) is 5. The van der Waals surface area contributed by atoms with Crippen molar-refractivity contribution in [2.75, 3.05) is 19.8 Å². The monoisotopic (exact) mass is 185 g/mol. The van der Waals surface area contributed by atoms with E-state index < -0.39 is 0 Å². The third-order valence-electron chi connectivity index (χ3n) is 2.02. The highest BCUT2D eigenvalue weighted by atomic mass is 16.5. The summed E-state index contributed by atoms with van der Waals surface area (Å²) in [6, 6.07) is -0.337. The fourth-order valence-corrected chi connectivity index (χ4v) is 1.26. The Bertz CT molecular complexity index is 217. The molecule has 74 valence electrons. The fourth-order valence-electron chi connectivity index (χ4n) is 1.26. The lowest BCUT2D eigenvalue weighted by Crippen LogP contribution is -2.58. The molecule has 5 nitrogen and oxygen atoms in total. The van der Waals surface area contributed by atoms with Gasteiger partial charge in [-0.25, -0.2) is 5.01 Å². The van der Waals surface area contributed by atoms with Crippen molar-refractivity contribution >= 4 is 5.78 Å². The van der Waals surface area contributed by atoms with E-state index in [-0.39, 0.29) is 11.8 Å². The van der Waals surface area contributed by atoms with Gasteiger partial charge in [0.05, 0.1) is 13.2 Å². The van der Waals surface area contributed by atoms with Gasteiger partial charge in [0.2, 0.25) is 0 Å². The van der Waals surface area contributed by atoms with Gasteiger partial charge in [-0.1, -0.05) is 6.58 Å². The number of nitrogens with two attached hydrogens (primary N) is 1. The normalized spacial score (nSPS) is 24.3. The van der Waals surface area contributed by atoms with Crippen molar-refractivity contribution in [3.63, 3.8) is 0 Å². The molecule has 1 heterocycles. The van der Waals surface area contributed by atoms with Gasteiger partial charge >= 0.3 is 0 Å². The number of hydrogen-bond donors (Lipinski definition) is 2. The number of ketones is 1. The predicted molar refractivity (Wildman–Crippen MR) is 48.5 cm³/mol. The zero-order valence-corrected chi connectivity index (χ0v) is 7.75. The van der Waals surface area contributed by atoms with Crippen LogP contribution < -0.4 is 11.4 Å². The van der Waals surface area contributed by atoms with Crippen molar-refractivity contribution < 1.29 is 9.53 Å². The average Bonchev–Trinajstić information content (AvgIpc) is 2.16. The average molecular weight is 185 g/mol. The maximum Gasteiger partial charge on any atom is 0.178 e. The maximum atomic E-state index is 11.6. The van der Waals surface area contributed by atoms with E-state index >= 15 is 0 Å². The highest BCUT2D eigenvalue weighted by molar-refractivity contribution is 5.98. The molecule has 1 saturated heterocycles. The van der Waals surface area contributed by atoms with Gasteiger partial charge in [0.25, 0.3) is 0 Å². The Kier molecular flexibility index (Phi) is 3.56. The summed E-state index contributed by atoms with van der Waals surface area (Å²) in [6.07, 6.45) is 0. The number of hydrazine groups is 2. The Morgan fingerprint density at radius 1 is 1.77 bits per heavy atom. The standard InChI is InChI=1S/C8H15N3O2/c1-6(2)8(12)7-5-13-4-3-11(7)10-9/h7,10H,1,3-5,9H2,2H3. The summed E-state index contributed by atoms with van der Waals surface area (Å²) >= 11 is 0. The summed E-state index contributed by atoms with van der Waals surface area (Å²) in [6.45, 7) is 6.85. The summed E-state index contributed by atoms with van der Waals surface area (Å²) in [5.74, 6) is 5.24. The molecule has 0 aromatic heterocycles. The summed E-state index contributed by atoms with van der Waals surface area (Å²) in [4.78, 5) is 11.6. The van der Waals surface area contributed by atoms with Crippen LogP contribution in [0, 0.1) is 0 Å². The van der Waals surface area contributed by atoms with E-state index in [0.717, 1.165) is 0 Å². The number of ether oxygens (including phenoxy) is 1. The molecule has 0 spiro atoms. The molecule has 0 amide bonds. The number of carbonyl (C=O) groups is 1. The molecule has 0 saturated carbocycles. The van der Waals surface area contributed by atoms with E-state index in [4.69, 9.17) is 10.6 Å².